The maximum absolute atomic E-state index is 9.02. The zero-order valence-corrected chi connectivity index (χ0v) is 13.7. The Labute approximate surface area is 121 Å². The van der Waals surface area contributed by atoms with Gasteiger partial charge < -0.3 is 10.0 Å². The van der Waals surface area contributed by atoms with E-state index in [-0.39, 0.29) is 0 Å². The van der Waals surface area contributed by atoms with Crippen molar-refractivity contribution in [2.24, 2.45) is 0 Å². The van der Waals surface area contributed by atoms with Crippen molar-refractivity contribution in [2.75, 3.05) is 20.7 Å². The molecule has 0 aromatic heterocycles. The lowest BCUT2D eigenvalue weighted by atomic mass is 10.0. The predicted octanol–water partition coefficient (Wildman–Crippen LogP) is 4.61. The van der Waals surface area contributed by atoms with Crippen molar-refractivity contribution < 1.29 is 5.11 Å². The second-order valence-corrected chi connectivity index (χ2v) is 6.10. The third-order valence-corrected chi connectivity index (χ3v) is 4.08. The number of nitrogens with zero attached hydrogens (tertiary/aromatic N) is 1. The van der Waals surface area contributed by atoms with E-state index in [0.717, 1.165) is 6.42 Å². The van der Waals surface area contributed by atoms with Crippen molar-refractivity contribution >= 4 is 0 Å². The van der Waals surface area contributed by atoms with Crippen LogP contribution >= 0.6 is 0 Å². The molecule has 0 radical (unpaired) electrons. The molecule has 0 saturated carbocycles. The molecular formula is C17H37NO. The lowest BCUT2D eigenvalue weighted by Crippen LogP contribution is -2.28. The van der Waals surface area contributed by atoms with Crippen molar-refractivity contribution in [1.29, 1.82) is 0 Å². The minimum Gasteiger partial charge on any atom is -0.396 e. The number of aliphatic hydroxyl groups is 1. The summed E-state index contributed by atoms with van der Waals surface area (Å²) in [6, 6.07) is 0.569. The minimum absolute atomic E-state index is 0.320. The van der Waals surface area contributed by atoms with E-state index in [1.54, 1.807) is 0 Å². The van der Waals surface area contributed by atoms with Crippen LogP contribution in [-0.4, -0.2) is 36.8 Å². The summed E-state index contributed by atoms with van der Waals surface area (Å²) < 4.78 is 0. The van der Waals surface area contributed by atoms with Gasteiger partial charge in [-0.3, -0.25) is 0 Å². The zero-order valence-electron chi connectivity index (χ0n) is 13.7. The maximum Gasteiger partial charge on any atom is 0.0445 e. The molecule has 1 N–H and O–H groups in total. The highest BCUT2D eigenvalue weighted by molar-refractivity contribution is 4.65. The first-order chi connectivity index (χ1) is 9.22. The monoisotopic (exact) mass is 271 g/mol. The highest BCUT2D eigenvalue weighted by atomic mass is 16.3. The molecule has 1 unspecified atom stereocenters. The Bertz CT molecular complexity index is 171. The molecule has 0 bridgehead atoms. The molecule has 0 aliphatic heterocycles. The Balaban J connectivity index is 3.25. The summed E-state index contributed by atoms with van der Waals surface area (Å²) in [7, 11) is 4.24. The first kappa shape index (κ1) is 18.9. The Hall–Kier alpha value is -0.0800. The lowest BCUT2D eigenvalue weighted by molar-refractivity contribution is 0.198. The van der Waals surface area contributed by atoms with Crippen LogP contribution < -0.4 is 0 Å². The molecule has 0 spiro atoms. The lowest BCUT2D eigenvalue weighted by Gasteiger charge is -2.23. The molecule has 0 rings (SSSR count). The van der Waals surface area contributed by atoms with Crippen molar-refractivity contribution in [1.82, 2.24) is 4.90 Å². The van der Waals surface area contributed by atoms with Crippen LogP contribution in [0.3, 0.4) is 0 Å². The Kier molecular flexibility index (Phi) is 14.3. The quantitative estimate of drug-likeness (QED) is 0.466. The topological polar surface area (TPSA) is 23.5 Å². The van der Waals surface area contributed by atoms with Crippen molar-refractivity contribution in [3.05, 3.63) is 0 Å². The first-order valence-corrected chi connectivity index (χ1v) is 8.49. The molecule has 0 amide bonds. The summed E-state index contributed by atoms with van der Waals surface area (Å²) >= 11 is 0. The number of rotatable bonds is 14. The standard InChI is InChI=1S/C17H37NO/c1-4-5-6-7-8-9-10-11-12-13-14-17(15-16-19)18(2)3/h17,19H,4-16H2,1-3H3. The molecule has 19 heavy (non-hydrogen) atoms. The van der Waals surface area contributed by atoms with Crippen LogP contribution in [0.25, 0.3) is 0 Å². The molecule has 2 nitrogen and oxygen atoms in total. The molecule has 0 aliphatic carbocycles. The fourth-order valence-corrected chi connectivity index (χ4v) is 2.68. The van der Waals surface area contributed by atoms with Crippen LogP contribution in [0.1, 0.15) is 84.0 Å². The third kappa shape index (κ3) is 12.7. The van der Waals surface area contributed by atoms with Crippen LogP contribution in [0.5, 0.6) is 0 Å². The van der Waals surface area contributed by atoms with Gasteiger partial charge in [0.05, 0.1) is 0 Å². The number of hydrogen-bond acceptors (Lipinski definition) is 2. The van der Waals surface area contributed by atoms with E-state index in [1.165, 1.54) is 70.6 Å². The van der Waals surface area contributed by atoms with Gasteiger partial charge in [0.25, 0.3) is 0 Å². The van der Waals surface area contributed by atoms with Gasteiger partial charge in [0.1, 0.15) is 0 Å². The zero-order chi connectivity index (χ0) is 14.3. The van der Waals surface area contributed by atoms with Crippen LogP contribution in [0.15, 0.2) is 0 Å². The molecule has 0 aromatic carbocycles. The number of hydrogen-bond donors (Lipinski definition) is 1. The SMILES string of the molecule is CCCCCCCCCCCCC(CCO)N(C)C. The first-order valence-electron chi connectivity index (χ1n) is 8.49. The summed E-state index contributed by atoms with van der Waals surface area (Å²) in [5.41, 5.74) is 0. The van der Waals surface area contributed by atoms with Crippen molar-refractivity contribution in [2.45, 2.75) is 90.0 Å². The second kappa shape index (κ2) is 14.3. The maximum atomic E-state index is 9.02. The van der Waals surface area contributed by atoms with Crippen LogP contribution in [0.4, 0.5) is 0 Å². The van der Waals surface area contributed by atoms with E-state index < -0.39 is 0 Å². The van der Waals surface area contributed by atoms with Crippen molar-refractivity contribution in [3.8, 4) is 0 Å². The second-order valence-electron chi connectivity index (χ2n) is 6.10. The van der Waals surface area contributed by atoms with Gasteiger partial charge in [0.2, 0.25) is 0 Å². The minimum atomic E-state index is 0.320. The van der Waals surface area contributed by atoms with E-state index in [1.807, 2.05) is 0 Å². The predicted molar refractivity (Wildman–Crippen MR) is 85.6 cm³/mol. The molecule has 0 heterocycles. The summed E-state index contributed by atoms with van der Waals surface area (Å²) in [6.45, 7) is 2.60. The molecule has 0 aliphatic rings. The smallest absolute Gasteiger partial charge is 0.0445 e. The summed E-state index contributed by atoms with van der Waals surface area (Å²) in [6.07, 6.45) is 16.2. The van der Waals surface area contributed by atoms with Crippen LogP contribution in [0, 0.1) is 0 Å². The van der Waals surface area contributed by atoms with E-state index in [4.69, 9.17) is 5.11 Å². The largest absolute Gasteiger partial charge is 0.396 e. The van der Waals surface area contributed by atoms with Gasteiger partial charge in [-0.1, -0.05) is 71.1 Å². The third-order valence-electron chi connectivity index (χ3n) is 4.08. The molecule has 1 atom stereocenters. The van der Waals surface area contributed by atoms with Crippen LogP contribution in [0.2, 0.25) is 0 Å². The van der Waals surface area contributed by atoms with Gasteiger partial charge >= 0.3 is 0 Å². The number of aliphatic hydroxyl groups excluding tert-OH is 1. The van der Waals surface area contributed by atoms with E-state index >= 15 is 0 Å². The Morgan fingerprint density at radius 3 is 1.63 bits per heavy atom. The highest BCUT2D eigenvalue weighted by Gasteiger charge is 2.09. The van der Waals surface area contributed by atoms with Crippen LogP contribution in [-0.2, 0) is 0 Å². The van der Waals surface area contributed by atoms with Gasteiger partial charge in [-0.15, -0.1) is 0 Å². The van der Waals surface area contributed by atoms with Gasteiger partial charge in [0, 0.05) is 12.6 Å². The molecule has 2 heteroatoms. The van der Waals surface area contributed by atoms with Crippen molar-refractivity contribution in [3.63, 3.8) is 0 Å². The molecule has 0 aromatic rings. The van der Waals surface area contributed by atoms with E-state index in [9.17, 15) is 0 Å². The Morgan fingerprint density at radius 1 is 0.737 bits per heavy atom. The normalized spacial score (nSPS) is 13.1. The fraction of sp³-hybridized carbons (Fsp3) is 1.00. The fourth-order valence-electron chi connectivity index (χ4n) is 2.68. The molecular weight excluding hydrogens is 234 g/mol. The highest BCUT2D eigenvalue weighted by Crippen LogP contribution is 2.14. The summed E-state index contributed by atoms with van der Waals surface area (Å²) in [5.74, 6) is 0. The average molecular weight is 271 g/mol. The van der Waals surface area contributed by atoms with Gasteiger partial charge in [-0.25, -0.2) is 0 Å². The molecule has 116 valence electrons. The summed E-state index contributed by atoms with van der Waals surface area (Å²) in [4.78, 5) is 2.25. The average Bonchev–Trinajstić information content (AvgIpc) is 2.39. The molecule has 0 saturated heterocycles. The van der Waals surface area contributed by atoms with Gasteiger partial charge in [-0.2, -0.15) is 0 Å². The van der Waals surface area contributed by atoms with Gasteiger partial charge in [-0.05, 0) is 26.9 Å². The number of unbranched alkanes of at least 4 members (excludes halogenated alkanes) is 9. The Morgan fingerprint density at radius 2 is 1.21 bits per heavy atom. The summed E-state index contributed by atoms with van der Waals surface area (Å²) in [5, 5.41) is 9.02. The van der Waals surface area contributed by atoms with E-state index in [2.05, 4.69) is 25.9 Å². The molecule has 0 fully saturated rings. The van der Waals surface area contributed by atoms with E-state index in [0.29, 0.717) is 12.6 Å². The van der Waals surface area contributed by atoms with Gasteiger partial charge in [0.15, 0.2) is 0 Å².